The highest BCUT2D eigenvalue weighted by Crippen LogP contribution is 2.32. The molecule has 0 bridgehead atoms. The quantitative estimate of drug-likeness (QED) is 0.647. The molecule has 3 nitrogen and oxygen atoms in total. The normalized spacial score (nSPS) is 17.5. The third kappa shape index (κ3) is 1.74. The molecule has 13 heavy (non-hydrogen) atoms. The fourth-order valence-corrected chi connectivity index (χ4v) is 1.90. The number of carbonyl (C=O) groups excluding carboxylic acids is 1. The van der Waals surface area contributed by atoms with E-state index in [2.05, 4.69) is 9.97 Å². The third-order valence-corrected chi connectivity index (χ3v) is 2.60. The van der Waals surface area contributed by atoms with Crippen LogP contribution in [0.4, 0.5) is 0 Å². The van der Waals surface area contributed by atoms with Crippen molar-refractivity contribution in [3.05, 3.63) is 23.8 Å². The van der Waals surface area contributed by atoms with Crippen LogP contribution in [-0.2, 0) is 0 Å². The van der Waals surface area contributed by atoms with Crippen molar-refractivity contribution in [3.63, 3.8) is 0 Å². The average Bonchev–Trinajstić information content (AvgIpc) is 2.71. The lowest BCUT2D eigenvalue weighted by molar-refractivity contribution is 0.111. The van der Waals surface area contributed by atoms with Crippen LogP contribution in [0.2, 0.25) is 0 Å². The lowest BCUT2D eigenvalue weighted by Gasteiger charge is -2.06. The number of aromatic nitrogens is 2. The second-order valence-corrected chi connectivity index (χ2v) is 3.47. The van der Waals surface area contributed by atoms with Crippen LogP contribution < -0.4 is 0 Å². The second kappa shape index (κ2) is 3.64. The van der Waals surface area contributed by atoms with E-state index in [1.807, 2.05) is 6.07 Å². The summed E-state index contributed by atoms with van der Waals surface area (Å²) in [5.74, 6) is 0.557. The zero-order valence-corrected chi connectivity index (χ0v) is 7.44. The van der Waals surface area contributed by atoms with Gasteiger partial charge in [0.2, 0.25) is 0 Å². The van der Waals surface area contributed by atoms with Gasteiger partial charge in [-0.2, -0.15) is 0 Å². The molecule has 0 spiro atoms. The summed E-state index contributed by atoms with van der Waals surface area (Å²) in [6.07, 6.45) is 7.23. The molecule has 0 radical (unpaired) electrons. The number of rotatable bonds is 2. The Morgan fingerprint density at radius 1 is 1.31 bits per heavy atom. The van der Waals surface area contributed by atoms with Gasteiger partial charge in [0.15, 0.2) is 6.29 Å². The van der Waals surface area contributed by atoms with Crippen molar-refractivity contribution in [2.24, 2.45) is 0 Å². The topological polar surface area (TPSA) is 42.9 Å². The van der Waals surface area contributed by atoms with Crippen molar-refractivity contribution in [1.29, 1.82) is 0 Å². The molecular weight excluding hydrogens is 164 g/mol. The highest BCUT2D eigenvalue weighted by Gasteiger charge is 2.18. The Kier molecular flexibility index (Phi) is 2.34. The summed E-state index contributed by atoms with van der Waals surface area (Å²) in [5.41, 5.74) is 1.53. The Morgan fingerprint density at radius 3 is 2.77 bits per heavy atom. The molecule has 0 unspecified atom stereocenters. The second-order valence-electron chi connectivity index (χ2n) is 3.47. The van der Waals surface area contributed by atoms with E-state index in [4.69, 9.17) is 0 Å². The van der Waals surface area contributed by atoms with E-state index in [0.29, 0.717) is 11.6 Å². The molecule has 68 valence electrons. The first-order valence-electron chi connectivity index (χ1n) is 4.67. The summed E-state index contributed by atoms with van der Waals surface area (Å²) < 4.78 is 0. The molecule has 0 aliphatic heterocycles. The Labute approximate surface area is 77.2 Å². The van der Waals surface area contributed by atoms with E-state index in [1.165, 1.54) is 32.0 Å². The first-order valence-corrected chi connectivity index (χ1v) is 4.67. The number of nitrogens with zero attached hydrogens (tertiary/aromatic N) is 2. The van der Waals surface area contributed by atoms with Gasteiger partial charge in [0.05, 0.1) is 0 Å². The Morgan fingerprint density at radius 2 is 2.08 bits per heavy atom. The summed E-state index contributed by atoms with van der Waals surface area (Å²) in [7, 11) is 0. The first kappa shape index (κ1) is 8.35. The molecule has 0 aromatic carbocycles. The van der Waals surface area contributed by atoms with Gasteiger partial charge in [0.1, 0.15) is 12.0 Å². The zero-order valence-electron chi connectivity index (χ0n) is 7.44. The van der Waals surface area contributed by atoms with Gasteiger partial charge >= 0.3 is 0 Å². The molecule has 1 aliphatic rings. The van der Waals surface area contributed by atoms with Gasteiger partial charge in [-0.05, 0) is 18.9 Å². The molecule has 1 fully saturated rings. The maximum Gasteiger partial charge on any atom is 0.168 e. The third-order valence-electron chi connectivity index (χ3n) is 2.60. The van der Waals surface area contributed by atoms with Gasteiger partial charge in [0.25, 0.3) is 0 Å². The lowest BCUT2D eigenvalue weighted by Crippen LogP contribution is -1.99. The van der Waals surface area contributed by atoms with Crippen molar-refractivity contribution in [3.8, 4) is 0 Å². The van der Waals surface area contributed by atoms with Gasteiger partial charge in [-0.15, -0.1) is 0 Å². The van der Waals surface area contributed by atoms with Crippen LogP contribution in [0, 0.1) is 0 Å². The Hall–Kier alpha value is -1.25. The monoisotopic (exact) mass is 176 g/mol. The van der Waals surface area contributed by atoms with E-state index in [-0.39, 0.29) is 0 Å². The number of aldehydes is 1. The van der Waals surface area contributed by atoms with Crippen molar-refractivity contribution in [2.75, 3.05) is 0 Å². The van der Waals surface area contributed by atoms with Crippen molar-refractivity contribution < 1.29 is 4.79 Å². The Balaban J connectivity index is 2.23. The summed E-state index contributed by atoms with van der Waals surface area (Å²) >= 11 is 0. The molecule has 0 atom stereocenters. The van der Waals surface area contributed by atoms with Crippen LogP contribution in [0.5, 0.6) is 0 Å². The maximum atomic E-state index is 10.5. The van der Waals surface area contributed by atoms with Gasteiger partial charge < -0.3 is 0 Å². The van der Waals surface area contributed by atoms with Gasteiger partial charge in [0, 0.05) is 11.6 Å². The fourth-order valence-electron chi connectivity index (χ4n) is 1.90. The molecule has 1 saturated carbocycles. The molecule has 0 N–H and O–H groups in total. The summed E-state index contributed by atoms with van der Waals surface area (Å²) in [6, 6.07) is 1.81. The number of hydrogen-bond donors (Lipinski definition) is 0. The summed E-state index contributed by atoms with van der Waals surface area (Å²) in [4.78, 5) is 18.5. The highest BCUT2D eigenvalue weighted by atomic mass is 16.1. The molecule has 1 aromatic heterocycles. The molecule has 0 amide bonds. The molecule has 1 heterocycles. The Bertz CT molecular complexity index is 306. The van der Waals surface area contributed by atoms with Crippen LogP contribution in [0.1, 0.15) is 47.8 Å². The van der Waals surface area contributed by atoms with Gasteiger partial charge in [-0.1, -0.05) is 12.8 Å². The van der Waals surface area contributed by atoms with Crippen molar-refractivity contribution >= 4 is 6.29 Å². The minimum atomic E-state index is 0.497. The summed E-state index contributed by atoms with van der Waals surface area (Å²) in [6.45, 7) is 0. The minimum absolute atomic E-state index is 0.497. The molecule has 3 heteroatoms. The van der Waals surface area contributed by atoms with Crippen molar-refractivity contribution in [1.82, 2.24) is 9.97 Å². The zero-order chi connectivity index (χ0) is 9.10. The maximum absolute atomic E-state index is 10.5. The molecule has 1 aliphatic carbocycles. The smallest absolute Gasteiger partial charge is 0.168 e. The molecular formula is C10H12N2O. The molecule has 2 rings (SSSR count). The van der Waals surface area contributed by atoms with Gasteiger partial charge in [-0.25, -0.2) is 9.97 Å². The van der Waals surface area contributed by atoms with E-state index in [1.54, 1.807) is 0 Å². The van der Waals surface area contributed by atoms with Crippen LogP contribution in [0.25, 0.3) is 0 Å². The first-order chi connectivity index (χ1) is 6.40. The number of hydrogen-bond acceptors (Lipinski definition) is 3. The van der Waals surface area contributed by atoms with Crippen LogP contribution >= 0.6 is 0 Å². The molecule has 0 saturated heterocycles. The number of carbonyl (C=O) groups is 1. The van der Waals surface area contributed by atoms with Crippen LogP contribution in [0.15, 0.2) is 12.4 Å². The van der Waals surface area contributed by atoms with Crippen LogP contribution in [-0.4, -0.2) is 16.3 Å². The van der Waals surface area contributed by atoms with E-state index in [0.717, 1.165) is 12.0 Å². The van der Waals surface area contributed by atoms with Crippen molar-refractivity contribution in [2.45, 2.75) is 31.6 Å². The lowest BCUT2D eigenvalue weighted by atomic mass is 10.0. The standard InChI is InChI=1S/C10H12N2O/c13-6-9-5-10(12-7-11-9)8-3-1-2-4-8/h5-8H,1-4H2. The predicted molar refractivity (Wildman–Crippen MR) is 48.6 cm³/mol. The molecule has 1 aromatic rings. The van der Waals surface area contributed by atoms with E-state index >= 15 is 0 Å². The SMILES string of the molecule is O=Cc1cc(C2CCCC2)ncn1. The summed E-state index contributed by atoms with van der Waals surface area (Å²) in [5, 5.41) is 0. The van der Waals surface area contributed by atoms with Gasteiger partial charge in [-0.3, -0.25) is 4.79 Å². The predicted octanol–water partition coefficient (Wildman–Crippen LogP) is 1.95. The van der Waals surface area contributed by atoms with E-state index < -0.39 is 0 Å². The fraction of sp³-hybridized carbons (Fsp3) is 0.500. The van der Waals surface area contributed by atoms with E-state index in [9.17, 15) is 4.79 Å². The van der Waals surface area contributed by atoms with Crippen LogP contribution in [0.3, 0.4) is 0 Å². The minimum Gasteiger partial charge on any atom is -0.296 e. The largest absolute Gasteiger partial charge is 0.296 e. The average molecular weight is 176 g/mol. The highest BCUT2D eigenvalue weighted by molar-refractivity contribution is 5.71.